The molecule has 0 atom stereocenters. The van der Waals surface area contributed by atoms with Gasteiger partial charge in [0.1, 0.15) is 6.26 Å². The molecule has 0 spiro atoms. The summed E-state index contributed by atoms with van der Waals surface area (Å²) in [5, 5.41) is 6.45. The van der Waals surface area contributed by atoms with Crippen molar-refractivity contribution in [3.63, 3.8) is 0 Å². The van der Waals surface area contributed by atoms with Crippen molar-refractivity contribution in [3.05, 3.63) is 47.4 Å². The predicted molar refractivity (Wildman–Crippen MR) is 95.0 cm³/mol. The van der Waals surface area contributed by atoms with Gasteiger partial charge in [0, 0.05) is 19.3 Å². The molecule has 24 heavy (non-hydrogen) atoms. The Balaban J connectivity index is 1.33. The molecule has 6 heteroatoms. The lowest BCUT2D eigenvalue weighted by Crippen LogP contribution is -2.32. The zero-order valence-electron chi connectivity index (χ0n) is 13.9. The lowest BCUT2D eigenvalue weighted by molar-refractivity contribution is 0.202. The highest BCUT2D eigenvalue weighted by molar-refractivity contribution is 7.13. The number of aromatic nitrogens is 3. The average molecular weight is 342 g/mol. The summed E-state index contributed by atoms with van der Waals surface area (Å²) in [5.74, 6) is 1.38. The SMILES string of the molecule is CCn1cc(C2CCN(Cc3coc(-c4cccs4)n3)CC2)cn1. The Morgan fingerprint density at radius 1 is 1.33 bits per heavy atom. The quantitative estimate of drug-likeness (QED) is 0.703. The Hall–Kier alpha value is -1.92. The van der Waals surface area contributed by atoms with E-state index in [-0.39, 0.29) is 0 Å². The molecule has 0 unspecified atom stereocenters. The van der Waals surface area contributed by atoms with Crippen molar-refractivity contribution >= 4 is 11.3 Å². The molecule has 1 saturated heterocycles. The van der Waals surface area contributed by atoms with Crippen LogP contribution in [0.4, 0.5) is 0 Å². The number of nitrogens with zero attached hydrogens (tertiary/aromatic N) is 4. The molecule has 4 heterocycles. The molecule has 3 aromatic heterocycles. The van der Waals surface area contributed by atoms with Gasteiger partial charge in [-0.05, 0) is 55.8 Å². The van der Waals surface area contributed by atoms with Crippen LogP contribution < -0.4 is 0 Å². The molecule has 1 aliphatic rings. The number of thiophene rings is 1. The van der Waals surface area contributed by atoms with E-state index in [1.165, 1.54) is 18.4 Å². The van der Waals surface area contributed by atoms with Gasteiger partial charge in [0.15, 0.2) is 0 Å². The van der Waals surface area contributed by atoms with Crippen LogP contribution in [-0.2, 0) is 13.1 Å². The van der Waals surface area contributed by atoms with E-state index in [0.717, 1.165) is 42.6 Å². The molecule has 0 aromatic carbocycles. The second-order valence-electron chi connectivity index (χ2n) is 6.30. The summed E-state index contributed by atoms with van der Waals surface area (Å²) in [5.41, 5.74) is 2.41. The van der Waals surface area contributed by atoms with Crippen LogP contribution >= 0.6 is 11.3 Å². The molecule has 0 bridgehead atoms. The van der Waals surface area contributed by atoms with Crippen LogP contribution in [0.15, 0.2) is 40.6 Å². The van der Waals surface area contributed by atoms with Gasteiger partial charge in [0.25, 0.3) is 0 Å². The Morgan fingerprint density at radius 2 is 2.21 bits per heavy atom. The van der Waals surface area contributed by atoms with Gasteiger partial charge in [0.2, 0.25) is 5.89 Å². The number of hydrogen-bond donors (Lipinski definition) is 0. The summed E-state index contributed by atoms with van der Waals surface area (Å²) in [4.78, 5) is 8.19. The standard InChI is InChI=1S/C18H22N4OS/c1-2-22-11-15(10-19-22)14-5-7-21(8-6-14)12-16-13-23-18(20-16)17-4-3-9-24-17/h3-4,9-11,13-14H,2,5-8,12H2,1H3. The predicted octanol–water partition coefficient (Wildman–Crippen LogP) is 4.00. The lowest BCUT2D eigenvalue weighted by atomic mass is 9.91. The van der Waals surface area contributed by atoms with Crippen LogP contribution in [0.1, 0.15) is 36.9 Å². The number of likely N-dealkylation sites (tertiary alicyclic amines) is 1. The van der Waals surface area contributed by atoms with Crippen molar-refractivity contribution < 1.29 is 4.42 Å². The fourth-order valence-corrected chi connectivity index (χ4v) is 3.97. The average Bonchev–Trinajstić information content (AvgIpc) is 3.36. The fraction of sp³-hybridized carbons (Fsp3) is 0.444. The molecule has 1 aliphatic heterocycles. The molecule has 3 aromatic rings. The summed E-state index contributed by atoms with van der Waals surface area (Å²) in [7, 11) is 0. The first kappa shape index (κ1) is 15.6. The second-order valence-corrected chi connectivity index (χ2v) is 7.25. The number of rotatable bonds is 5. The van der Waals surface area contributed by atoms with Crippen LogP contribution in [0.3, 0.4) is 0 Å². The van der Waals surface area contributed by atoms with E-state index in [2.05, 4.69) is 28.1 Å². The molecule has 0 N–H and O–H groups in total. The van der Waals surface area contributed by atoms with E-state index in [1.54, 1.807) is 17.6 Å². The van der Waals surface area contributed by atoms with Gasteiger partial charge < -0.3 is 4.42 Å². The first-order valence-corrected chi connectivity index (χ1v) is 9.43. The Labute approximate surface area is 145 Å². The summed E-state index contributed by atoms with van der Waals surface area (Å²) >= 11 is 1.66. The van der Waals surface area contributed by atoms with Crippen LogP contribution in [-0.4, -0.2) is 32.8 Å². The van der Waals surface area contributed by atoms with Crippen molar-refractivity contribution in [2.45, 2.75) is 38.8 Å². The number of hydrogen-bond acceptors (Lipinski definition) is 5. The third-order valence-corrected chi connectivity index (χ3v) is 5.56. The van der Waals surface area contributed by atoms with E-state index in [9.17, 15) is 0 Å². The molecule has 0 aliphatic carbocycles. The van der Waals surface area contributed by atoms with Gasteiger partial charge in [-0.3, -0.25) is 9.58 Å². The highest BCUT2D eigenvalue weighted by atomic mass is 32.1. The number of oxazole rings is 1. The third-order valence-electron chi connectivity index (χ3n) is 4.71. The number of piperidine rings is 1. The largest absolute Gasteiger partial charge is 0.444 e. The van der Waals surface area contributed by atoms with Crippen molar-refractivity contribution in [1.82, 2.24) is 19.7 Å². The van der Waals surface area contributed by atoms with Gasteiger partial charge in [-0.25, -0.2) is 4.98 Å². The molecular formula is C18H22N4OS. The van der Waals surface area contributed by atoms with Gasteiger partial charge >= 0.3 is 0 Å². The summed E-state index contributed by atoms with van der Waals surface area (Å²) in [6.07, 6.45) is 8.41. The smallest absolute Gasteiger partial charge is 0.236 e. The van der Waals surface area contributed by atoms with Gasteiger partial charge in [-0.15, -0.1) is 11.3 Å². The highest BCUT2D eigenvalue weighted by Gasteiger charge is 2.22. The maximum atomic E-state index is 5.62. The van der Waals surface area contributed by atoms with E-state index in [1.807, 2.05) is 28.4 Å². The maximum absolute atomic E-state index is 5.62. The Bertz CT molecular complexity index is 769. The van der Waals surface area contributed by atoms with Crippen LogP contribution in [0.2, 0.25) is 0 Å². The normalized spacial score (nSPS) is 16.7. The summed E-state index contributed by atoms with van der Waals surface area (Å²) < 4.78 is 7.63. The monoisotopic (exact) mass is 342 g/mol. The van der Waals surface area contributed by atoms with Crippen LogP contribution in [0, 0.1) is 0 Å². The van der Waals surface area contributed by atoms with Gasteiger partial charge in [-0.2, -0.15) is 5.10 Å². The van der Waals surface area contributed by atoms with Crippen molar-refractivity contribution in [2.24, 2.45) is 0 Å². The van der Waals surface area contributed by atoms with E-state index >= 15 is 0 Å². The van der Waals surface area contributed by atoms with E-state index in [0.29, 0.717) is 5.92 Å². The summed E-state index contributed by atoms with van der Waals surface area (Å²) in [6, 6.07) is 4.07. The molecule has 5 nitrogen and oxygen atoms in total. The van der Waals surface area contributed by atoms with E-state index < -0.39 is 0 Å². The van der Waals surface area contributed by atoms with E-state index in [4.69, 9.17) is 4.42 Å². The summed E-state index contributed by atoms with van der Waals surface area (Å²) in [6.45, 7) is 6.14. The molecule has 4 rings (SSSR count). The molecule has 126 valence electrons. The van der Waals surface area contributed by atoms with Crippen LogP contribution in [0.25, 0.3) is 10.8 Å². The zero-order valence-corrected chi connectivity index (χ0v) is 14.7. The van der Waals surface area contributed by atoms with Gasteiger partial charge in [-0.1, -0.05) is 6.07 Å². The fourth-order valence-electron chi connectivity index (χ4n) is 3.31. The first-order valence-electron chi connectivity index (χ1n) is 8.55. The molecule has 1 fully saturated rings. The minimum Gasteiger partial charge on any atom is -0.444 e. The Kier molecular flexibility index (Phi) is 4.49. The third kappa shape index (κ3) is 3.30. The first-order chi connectivity index (χ1) is 11.8. The minimum atomic E-state index is 0.639. The molecular weight excluding hydrogens is 320 g/mol. The van der Waals surface area contributed by atoms with Crippen molar-refractivity contribution in [1.29, 1.82) is 0 Å². The zero-order chi connectivity index (χ0) is 16.4. The number of aryl methyl sites for hydroxylation is 1. The second kappa shape index (κ2) is 6.91. The molecule has 0 amide bonds. The Morgan fingerprint density at radius 3 is 2.92 bits per heavy atom. The van der Waals surface area contributed by atoms with Crippen LogP contribution in [0.5, 0.6) is 0 Å². The highest BCUT2D eigenvalue weighted by Crippen LogP contribution is 2.29. The topological polar surface area (TPSA) is 47.1 Å². The molecule has 0 saturated carbocycles. The lowest BCUT2D eigenvalue weighted by Gasteiger charge is -2.30. The minimum absolute atomic E-state index is 0.639. The van der Waals surface area contributed by atoms with Crippen molar-refractivity contribution in [2.75, 3.05) is 13.1 Å². The van der Waals surface area contributed by atoms with Crippen molar-refractivity contribution in [3.8, 4) is 10.8 Å². The maximum Gasteiger partial charge on any atom is 0.236 e. The molecule has 0 radical (unpaired) electrons. The van der Waals surface area contributed by atoms with Gasteiger partial charge in [0.05, 0.1) is 16.8 Å².